The molecule has 1 rings (SSSR count). The quantitative estimate of drug-likeness (QED) is 0.754. The fraction of sp³-hybridized carbons (Fsp3) is 1.00. The maximum Gasteiger partial charge on any atom is 0.0589 e. The van der Waals surface area contributed by atoms with Crippen LogP contribution in [0.1, 0.15) is 33.1 Å². The van der Waals surface area contributed by atoms with E-state index in [1.807, 2.05) is 0 Å². The van der Waals surface area contributed by atoms with Crippen molar-refractivity contribution in [3.8, 4) is 0 Å². The van der Waals surface area contributed by atoms with Gasteiger partial charge in [-0.15, -0.1) is 0 Å². The normalized spacial score (nSPS) is 26.8. The van der Waals surface area contributed by atoms with Gasteiger partial charge in [-0.05, 0) is 45.6 Å². The molecule has 1 heterocycles. The molecule has 1 fully saturated rings. The second-order valence-electron chi connectivity index (χ2n) is 4.98. The number of piperidine rings is 1. The summed E-state index contributed by atoms with van der Waals surface area (Å²) >= 11 is 0. The van der Waals surface area contributed by atoms with Crippen LogP contribution >= 0.6 is 0 Å². The molecule has 90 valence electrons. The van der Waals surface area contributed by atoms with Crippen LogP contribution < -0.4 is 0 Å². The summed E-state index contributed by atoms with van der Waals surface area (Å²) in [7, 11) is 1.75. The molecule has 1 saturated heterocycles. The Balaban J connectivity index is 2.55. The summed E-state index contributed by atoms with van der Waals surface area (Å²) in [4.78, 5) is 2.50. The maximum absolute atomic E-state index is 9.07. The number of rotatable bonds is 5. The van der Waals surface area contributed by atoms with E-state index >= 15 is 0 Å². The van der Waals surface area contributed by atoms with Gasteiger partial charge in [-0.3, -0.25) is 4.90 Å². The Kier molecular flexibility index (Phi) is 5.03. The number of methoxy groups -OCH3 is 1. The predicted octanol–water partition coefficient (Wildman–Crippen LogP) is 1.51. The van der Waals surface area contributed by atoms with Crippen LogP contribution in [0, 0.1) is 5.92 Å². The monoisotopic (exact) mass is 215 g/mol. The van der Waals surface area contributed by atoms with Gasteiger partial charge < -0.3 is 9.84 Å². The van der Waals surface area contributed by atoms with Crippen LogP contribution in [0.5, 0.6) is 0 Å². The van der Waals surface area contributed by atoms with Crippen molar-refractivity contribution in [3.63, 3.8) is 0 Å². The zero-order chi connectivity index (χ0) is 11.3. The second kappa shape index (κ2) is 5.83. The van der Waals surface area contributed by atoms with E-state index in [1.54, 1.807) is 7.11 Å². The minimum atomic E-state index is 0.208. The van der Waals surface area contributed by atoms with Gasteiger partial charge in [0.2, 0.25) is 0 Å². The van der Waals surface area contributed by atoms with Crippen LogP contribution in [0.2, 0.25) is 0 Å². The van der Waals surface area contributed by atoms with E-state index in [0.29, 0.717) is 12.5 Å². The van der Waals surface area contributed by atoms with Gasteiger partial charge >= 0.3 is 0 Å². The van der Waals surface area contributed by atoms with Gasteiger partial charge in [0, 0.05) is 25.8 Å². The van der Waals surface area contributed by atoms with Crippen LogP contribution in [0.25, 0.3) is 0 Å². The van der Waals surface area contributed by atoms with Crippen molar-refractivity contribution in [3.05, 3.63) is 0 Å². The van der Waals surface area contributed by atoms with Crippen molar-refractivity contribution >= 4 is 0 Å². The zero-order valence-corrected chi connectivity index (χ0v) is 10.3. The lowest BCUT2D eigenvalue weighted by atomic mass is 9.77. The lowest BCUT2D eigenvalue weighted by Gasteiger charge is -2.48. The van der Waals surface area contributed by atoms with E-state index in [0.717, 1.165) is 26.1 Å². The molecule has 0 saturated carbocycles. The third kappa shape index (κ3) is 3.16. The number of aliphatic hydroxyl groups is 1. The number of aliphatic hydroxyl groups excluding tert-OH is 1. The van der Waals surface area contributed by atoms with E-state index < -0.39 is 0 Å². The number of hydrogen-bond donors (Lipinski definition) is 1. The van der Waals surface area contributed by atoms with Gasteiger partial charge in [0.05, 0.1) is 6.61 Å². The third-order valence-corrected chi connectivity index (χ3v) is 3.84. The third-order valence-electron chi connectivity index (χ3n) is 3.84. The summed E-state index contributed by atoms with van der Waals surface area (Å²) in [5, 5.41) is 9.07. The lowest BCUT2D eigenvalue weighted by molar-refractivity contribution is -0.00399. The number of ether oxygens (including phenoxy) is 1. The lowest BCUT2D eigenvalue weighted by Crippen LogP contribution is -2.54. The average molecular weight is 215 g/mol. The largest absolute Gasteiger partial charge is 0.396 e. The molecule has 0 aromatic rings. The van der Waals surface area contributed by atoms with E-state index in [2.05, 4.69) is 18.7 Å². The first-order valence-electron chi connectivity index (χ1n) is 5.97. The zero-order valence-electron chi connectivity index (χ0n) is 10.3. The van der Waals surface area contributed by atoms with Gasteiger partial charge in [0.1, 0.15) is 0 Å². The van der Waals surface area contributed by atoms with Crippen molar-refractivity contribution < 1.29 is 9.84 Å². The molecule has 1 aliphatic heterocycles. The Bertz CT molecular complexity index is 180. The van der Waals surface area contributed by atoms with E-state index in [-0.39, 0.29) is 5.54 Å². The van der Waals surface area contributed by atoms with Gasteiger partial charge in [-0.2, -0.15) is 0 Å². The summed E-state index contributed by atoms with van der Waals surface area (Å²) < 4.78 is 5.14. The number of nitrogens with zero attached hydrogens (tertiary/aromatic N) is 1. The summed E-state index contributed by atoms with van der Waals surface area (Å²) in [6.45, 7) is 7.87. The molecule has 15 heavy (non-hydrogen) atoms. The molecule has 0 spiro atoms. The molecule has 0 aliphatic carbocycles. The smallest absolute Gasteiger partial charge is 0.0589 e. The number of likely N-dealkylation sites (tertiary alicyclic amines) is 1. The van der Waals surface area contributed by atoms with Gasteiger partial charge in [0.25, 0.3) is 0 Å². The standard InChI is InChI=1S/C12H25NO2/c1-12(2)11(6-9-14)5-4-7-13(12)8-10-15-3/h11,14H,4-10H2,1-3H3. The highest BCUT2D eigenvalue weighted by Gasteiger charge is 2.37. The topological polar surface area (TPSA) is 32.7 Å². The van der Waals surface area contributed by atoms with Crippen molar-refractivity contribution in [2.75, 3.05) is 33.4 Å². The van der Waals surface area contributed by atoms with Crippen molar-refractivity contribution in [2.45, 2.75) is 38.6 Å². The molecule has 0 radical (unpaired) electrons. The van der Waals surface area contributed by atoms with Gasteiger partial charge in [-0.25, -0.2) is 0 Å². The highest BCUT2D eigenvalue weighted by molar-refractivity contribution is 4.92. The summed E-state index contributed by atoms with van der Waals surface area (Å²) in [6.07, 6.45) is 3.42. The SMILES string of the molecule is COCCN1CCCC(CCO)C1(C)C. The molecular weight excluding hydrogens is 190 g/mol. The van der Waals surface area contributed by atoms with Crippen molar-refractivity contribution in [2.24, 2.45) is 5.92 Å². The summed E-state index contributed by atoms with van der Waals surface area (Å²) in [6, 6.07) is 0. The molecule has 3 heteroatoms. The molecule has 1 atom stereocenters. The number of hydrogen-bond acceptors (Lipinski definition) is 3. The first-order valence-corrected chi connectivity index (χ1v) is 5.97. The molecule has 1 unspecified atom stereocenters. The summed E-state index contributed by atoms with van der Waals surface area (Å²) in [5.74, 6) is 0.619. The fourth-order valence-corrected chi connectivity index (χ4v) is 2.68. The van der Waals surface area contributed by atoms with Crippen LogP contribution in [0.3, 0.4) is 0 Å². The molecule has 1 N–H and O–H groups in total. The molecule has 0 aromatic heterocycles. The summed E-state index contributed by atoms with van der Waals surface area (Å²) in [5.41, 5.74) is 0.208. The fourth-order valence-electron chi connectivity index (χ4n) is 2.68. The second-order valence-corrected chi connectivity index (χ2v) is 4.98. The predicted molar refractivity (Wildman–Crippen MR) is 62.0 cm³/mol. The molecule has 0 aromatic carbocycles. The first-order chi connectivity index (χ1) is 7.12. The first kappa shape index (κ1) is 12.9. The van der Waals surface area contributed by atoms with Crippen LogP contribution in [-0.4, -0.2) is 49.0 Å². The van der Waals surface area contributed by atoms with Gasteiger partial charge in [0.15, 0.2) is 0 Å². The van der Waals surface area contributed by atoms with Gasteiger partial charge in [-0.1, -0.05) is 0 Å². The average Bonchev–Trinajstić information content (AvgIpc) is 2.19. The Morgan fingerprint density at radius 1 is 1.47 bits per heavy atom. The van der Waals surface area contributed by atoms with E-state index in [4.69, 9.17) is 9.84 Å². The van der Waals surface area contributed by atoms with Crippen LogP contribution in [0.4, 0.5) is 0 Å². The molecular formula is C12H25NO2. The van der Waals surface area contributed by atoms with Crippen molar-refractivity contribution in [1.29, 1.82) is 0 Å². The highest BCUT2D eigenvalue weighted by Crippen LogP contribution is 2.34. The highest BCUT2D eigenvalue weighted by atomic mass is 16.5. The van der Waals surface area contributed by atoms with E-state index in [9.17, 15) is 0 Å². The maximum atomic E-state index is 9.07. The van der Waals surface area contributed by atoms with Crippen molar-refractivity contribution in [1.82, 2.24) is 4.90 Å². The molecule has 3 nitrogen and oxygen atoms in total. The molecule has 1 aliphatic rings. The molecule has 0 amide bonds. The Morgan fingerprint density at radius 3 is 2.80 bits per heavy atom. The Morgan fingerprint density at radius 2 is 2.20 bits per heavy atom. The minimum Gasteiger partial charge on any atom is -0.396 e. The Hall–Kier alpha value is -0.120. The molecule has 0 bridgehead atoms. The Labute approximate surface area is 93.4 Å². The van der Waals surface area contributed by atoms with Crippen LogP contribution in [0.15, 0.2) is 0 Å². The van der Waals surface area contributed by atoms with Crippen LogP contribution in [-0.2, 0) is 4.74 Å². The minimum absolute atomic E-state index is 0.208. The van der Waals surface area contributed by atoms with E-state index in [1.165, 1.54) is 12.8 Å².